The summed E-state index contributed by atoms with van der Waals surface area (Å²) in [6, 6.07) is 6.77. The van der Waals surface area contributed by atoms with Crippen LogP contribution in [-0.2, 0) is 26.2 Å². The topological polar surface area (TPSA) is 86.8 Å². The van der Waals surface area contributed by atoms with E-state index in [2.05, 4.69) is 5.32 Å². The Morgan fingerprint density at radius 2 is 1.71 bits per heavy atom. The molecule has 0 aliphatic rings. The molecule has 210 valence electrons. The van der Waals surface area contributed by atoms with Crippen molar-refractivity contribution in [3.63, 3.8) is 0 Å². The molecule has 0 radical (unpaired) electrons. The van der Waals surface area contributed by atoms with Crippen molar-refractivity contribution in [2.45, 2.75) is 65.1 Å². The molecule has 0 unspecified atom stereocenters. The quantitative estimate of drug-likeness (QED) is 0.331. The van der Waals surface area contributed by atoms with Crippen molar-refractivity contribution < 1.29 is 26.8 Å². The number of carbonyl (C=O) groups is 2. The van der Waals surface area contributed by atoms with Crippen molar-refractivity contribution in [3.05, 3.63) is 63.6 Å². The van der Waals surface area contributed by atoms with Crippen LogP contribution in [0.2, 0.25) is 10.0 Å². The summed E-state index contributed by atoms with van der Waals surface area (Å²) in [7, 11) is -3.85. The Balaban J connectivity index is 2.28. The maximum absolute atomic E-state index is 13.8. The summed E-state index contributed by atoms with van der Waals surface area (Å²) in [5, 5.41) is 3.68. The van der Waals surface area contributed by atoms with E-state index in [1.807, 2.05) is 13.8 Å². The van der Waals surface area contributed by atoms with Gasteiger partial charge in [-0.3, -0.25) is 13.9 Å². The molecule has 38 heavy (non-hydrogen) atoms. The number of rotatable bonds is 13. The molecule has 0 aliphatic carbocycles. The molecule has 0 spiro atoms. The number of hydrogen-bond acceptors (Lipinski definition) is 4. The molecule has 0 saturated heterocycles. The smallest absolute Gasteiger partial charge is 0.243 e. The number of halogens is 4. The average Bonchev–Trinajstić information content (AvgIpc) is 2.83. The van der Waals surface area contributed by atoms with Crippen LogP contribution >= 0.6 is 23.2 Å². The van der Waals surface area contributed by atoms with Gasteiger partial charge in [0.25, 0.3) is 0 Å². The minimum atomic E-state index is -3.85. The Morgan fingerprint density at radius 1 is 1.03 bits per heavy atom. The molecule has 0 heterocycles. The number of benzene rings is 2. The highest BCUT2D eigenvalue weighted by Crippen LogP contribution is 2.25. The summed E-state index contributed by atoms with van der Waals surface area (Å²) in [4.78, 5) is 27.9. The van der Waals surface area contributed by atoms with Crippen LogP contribution in [-0.4, -0.2) is 50.0 Å². The number of anilines is 1. The summed E-state index contributed by atoms with van der Waals surface area (Å²) >= 11 is 12.4. The number of nitrogens with one attached hydrogen (secondary N) is 1. The zero-order valence-electron chi connectivity index (χ0n) is 21.8. The van der Waals surface area contributed by atoms with Gasteiger partial charge in [-0.25, -0.2) is 17.2 Å². The Morgan fingerprint density at radius 3 is 2.26 bits per heavy atom. The van der Waals surface area contributed by atoms with Crippen molar-refractivity contribution in [2.75, 3.05) is 17.1 Å². The fourth-order valence-corrected chi connectivity index (χ4v) is 5.26. The van der Waals surface area contributed by atoms with Crippen LogP contribution in [0, 0.1) is 11.6 Å². The zero-order valence-corrected chi connectivity index (χ0v) is 24.1. The number of carbonyl (C=O) groups excluding carboxylic acids is 2. The second-order valence-corrected chi connectivity index (χ2v) is 11.8. The number of amides is 2. The predicted molar refractivity (Wildman–Crippen MR) is 147 cm³/mol. The van der Waals surface area contributed by atoms with Gasteiger partial charge < -0.3 is 10.2 Å². The first-order valence-electron chi connectivity index (χ1n) is 12.2. The Hall–Kier alpha value is -2.43. The normalized spacial score (nSPS) is 13.1. The van der Waals surface area contributed by atoms with Crippen LogP contribution in [0.3, 0.4) is 0 Å². The highest BCUT2D eigenvalue weighted by Gasteiger charge is 2.30. The van der Waals surface area contributed by atoms with E-state index in [9.17, 15) is 26.8 Å². The molecule has 0 fully saturated rings. The molecule has 2 amide bonds. The van der Waals surface area contributed by atoms with Gasteiger partial charge in [-0.15, -0.1) is 0 Å². The molecule has 1 N–H and O–H groups in total. The van der Waals surface area contributed by atoms with Crippen molar-refractivity contribution in [3.8, 4) is 0 Å². The summed E-state index contributed by atoms with van der Waals surface area (Å²) < 4.78 is 52.7. The second-order valence-electron chi connectivity index (χ2n) is 9.04. The molecular weight excluding hydrogens is 559 g/mol. The van der Waals surface area contributed by atoms with Crippen LogP contribution < -0.4 is 9.62 Å². The van der Waals surface area contributed by atoms with Crippen molar-refractivity contribution >= 4 is 50.7 Å². The number of sulfonamides is 1. The molecule has 7 nitrogen and oxygen atoms in total. The molecule has 2 aromatic rings. The van der Waals surface area contributed by atoms with Gasteiger partial charge in [0.05, 0.1) is 11.9 Å². The molecule has 12 heteroatoms. The first-order valence-corrected chi connectivity index (χ1v) is 14.8. The predicted octanol–water partition coefficient (Wildman–Crippen LogP) is 5.54. The van der Waals surface area contributed by atoms with Gasteiger partial charge >= 0.3 is 0 Å². The summed E-state index contributed by atoms with van der Waals surface area (Å²) in [5.41, 5.74) is 0.543. The lowest BCUT2D eigenvalue weighted by Crippen LogP contribution is -2.50. The van der Waals surface area contributed by atoms with E-state index in [1.54, 1.807) is 25.1 Å². The van der Waals surface area contributed by atoms with Gasteiger partial charge in [-0.2, -0.15) is 0 Å². The lowest BCUT2D eigenvalue weighted by atomic mass is 10.1. The van der Waals surface area contributed by atoms with E-state index in [1.165, 1.54) is 4.90 Å². The third-order valence-electron chi connectivity index (χ3n) is 6.09. The van der Waals surface area contributed by atoms with Gasteiger partial charge in [0.2, 0.25) is 21.8 Å². The van der Waals surface area contributed by atoms with E-state index < -0.39 is 27.7 Å². The second kappa shape index (κ2) is 14.1. The highest BCUT2D eigenvalue weighted by atomic mass is 35.5. The molecule has 2 atom stereocenters. The Labute approximate surface area is 233 Å². The molecule has 2 aromatic carbocycles. The standard InChI is InChI=1S/C26H33Cl2F2N3O4S/c1-5-17(3)31-26(35)24(6-2)32(16-18-9-10-19(27)14-21(18)28)25(34)8-7-13-33(38(4,36)37)20-11-12-22(29)23(30)15-20/h9-12,14-15,17,24H,5-8,13,16H2,1-4H3,(H,31,35)/t17-,24-/m1/s1. The first kappa shape index (κ1) is 31.8. The van der Waals surface area contributed by atoms with Gasteiger partial charge in [0.1, 0.15) is 6.04 Å². The summed E-state index contributed by atoms with van der Waals surface area (Å²) in [6.07, 6.45) is 1.96. The fourth-order valence-electron chi connectivity index (χ4n) is 3.84. The lowest BCUT2D eigenvalue weighted by molar-refractivity contribution is -0.141. The maximum Gasteiger partial charge on any atom is 0.243 e. The highest BCUT2D eigenvalue weighted by molar-refractivity contribution is 7.92. The van der Waals surface area contributed by atoms with E-state index in [4.69, 9.17) is 23.2 Å². The molecule has 0 aliphatic heterocycles. The Bertz CT molecular complexity index is 1250. The Kier molecular flexibility index (Phi) is 11.8. The zero-order chi connectivity index (χ0) is 28.6. The molecule has 0 saturated carbocycles. The third-order valence-corrected chi connectivity index (χ3v) is 7.87. The lowest BCUT2D eigenvalue weighted by Gasteiger charge is -2.32. The van der Waals surface area contributed by atoms with Crippen LogP contribution in [0.25, 0.3) is 0 Å². The molecular formula is C26H33Cl2F2N3O4S. The maximum atomic E-state index is 13.8. The van der Waals surface area contributed by atoms with Crippen molar-refractivity contribution in [1.29, 1.82) is 0 Å². The first-order chi connectivity index (χ1) is 17.8. The van der Waals surface area contributed by atoms with Crippen molar-refractivity contribution in [2.24, 2.45) is 0 Å². The van der Waals surface area contributed by atoms with Crippen molar-refractivity contribution in [1.82, 2.24) is 10.2 Å². The largest absolute Gasteiger partial charge is 0.352 e. The molecule has 2 rings (SSSR count). The SMILES string of the molecule is CC[C@@H](C)NC(=O)[C@@H](CC)N(Cc1ccc(Cl)cc1Cl)C(=O)CCCN(c1ccc(F)c(F)c1)S(C)(=O)=O. The number of hydrogen-bond donors (Lipinski definition) is 1. The van der Waals surface area contributed by atoms with Gasteiger partial charge in [-0.05, 0) is 56.0 Å². The van der Waals surface area contributed by atoms with Crippen LogP contribution in [0.15, 0.2) is 36.4 Å². The van der Waals surface area contributed by atoms with Crippen LogP contribution in [0.5, 0.6) is 0 Å². The van der Waals surface area contributed by atoms with E-state index in [0.717, 1.165) is 28.8 Å². The summed E-state index contributed by atoms with van der Waals surface area (Å²) in [5.74, 6) is -2.98. The molecule has 0 aromatic heterocycles. The minimum Gasteiger partial charge on any atom is -0.352 e. The number of nitrogens with zero attached hydrogens (tertiary/aromatic N) is 2. The van der Waals surface area contributed by atoms with Gasteiger partial charge in [0, 0.05) is 41.7 Å². The van der Waals surface area contributed by atoms with E-state index in [0.29, 0.717) is 28.5 Å². The van der Waals surface area contributed by atoms with Crippen LogP contribution in [0.1, 0.15) is 52.0 Å². The third kappa shape index (κ3) is 8.81. The summed E-state index contributed by atoms with van der Waals surface area (Å²) in [6.45, 7) is 5.48. The van der Waals surface area contributed by atoms with E-state index >= 15 is 0 Å². The minimum absolute atomic E-state index is 0.0419. The van der Waals surface area contributed by atoms with Gasteiger partial charge in [0.15, 0.2) is 11.6 Å². The monoisotopic (exact) mass is 591 g/mol. The van der Waals surface area contributed by atoms with Crippen LogP contribution in [0.4, 0.5) is 14.5 Å². The van der Waals surface area contributed by atoms with E-state index in [-0.39, 0.29) is 49.5 Å². The fraction of sp³-hybridized carbons (Fsp3) is 0.462. The molecule has 0 bridgehead atoms. The van der Waals surface area contributed by atoms with Gasteiger partial charge in [-0.1, -0.05) is 43.1 Å². The average molecular weight is 593 g/mol.